The summed E-state index contributed by atoms with van der Waals surface area (Å²) >= 11 is 0. The molecule has 0 amide bonds. The zero-order valence-corrected chi connectivity index (χ0v) is 7.11. The van der Waals surface area contributed by atoms with E-state index in [-0.39, 0.29) is 0 Å². The van der Waals surface area contributed by atoms with Crippen LogP contribution in [-0.2, 0) is 4.74 Å². The quantitative estimate of drug-likeness (QED) is 0.301. The lowest BCUT2D eigenvalue weighted by molar-refractivity contribution is -0.229. The average Bonchev–Trinajstić information content (AvgIpc) is 2.13. The molecule has 0 aromatic rings. The molecule has 0 aliphatic heterocycles. The molecule has 1 aliphatic rings. The Bertz CT molecular complexity index is 158. The van der Waals surface area contributed by atoms with Gasteiger partial charge in [-0.25, -0.2) is 0 Å². The number of hydrogen-bond donors (Lipinski definition) is 5. The predicted molar refractivity (Wildman–Crippen MR) is 40.8 cm³/mol. The van der Waals surface area contributed by atoms with E-state index in [0.29, 0.717) is 0 Å². The largest absolute Gasteiger partial charge is 0.387 e. The van der Waals surface area contributed by atoms with Gasteiger partial charge in [0.15, 0.2) is 0 Å². The number of aliphatic hydroxyl groups is 5. The highest BCUT2D eigenvalue weighted by Crippen LogP contribution is 2.23. The fourth-order valence-corrected chi connectivity index (χ4v) is 1.48. The summed E-state index contributed by atoms with van der Waals surface area (Å²) < 4.78 is 4.67. The van der Waals surface area contributed by atoms with Gasteiger partial charge in [0, 0.05) is 7.11 Å². The van der Waals surface area contributed by atoms with Gasteiger partial charge in [-0.1, -0.05) is 0 Å². The summed E-state index contributed by atoms with van der Waals surface area (Å²) in [5.74, 6) is 0. The van der Waals surface area contributed by atoms with E-state index in [1.165, 1.54) is 7.11 Å². The molecule has 0 heterocycles. The summed E-state index contributed by atoms with van der Waals surface area (Å²) in [4.78, 5) is 0. The third kappa shape index (κ3) is 1.69. The van der Waals surface area contributed by atoms with Crippen LogP contribution in [0, 0.1) is 0 Å². The van der Waals surface area contributed by atoms with Crippen molar-refractivity contribution in [3.63, 3.8) is 0 Å². The zero-order valence-electron chi connectivity index (χ0n) is 7.11. The van der Waals surface area contributed by atoms with Crippen LogP contribution in [0.5, 0.6) is 0 Å². The first-order valence-corrected chi connectivity index (χ1v) is 3.93. The number of rotatable bonds is 1. The highest BCUT2D eigenvalue weighted by molar-refractivity contribution is 4.99. The molecule has 0 spiro atoms. The average molecular weight is 194 g/mol. The Hall–Kier alpha value is -0.240. The monoisotopic (exact) mass is 194 g/mol. The first-order valence-electron chi connectivity index (χ1n) is 3.93. The van der Waals surface area contributed by atoms with Crippen LogP contribution < -0.4 is 0 Å². The van der Waals surface area contributed by atoms with Crippen molar-refractivity contribution < 1.29 is 30.3 Å². The van der Waals surface area contributed by atoms with Crippen molar-refractivity contribution in [2.24, 2.45) is 0 Å². The minimum Gasteiger partial charge on any atom is -0.387 e. The summed E-state index contributed by atoms with van der Waals surface area (Å²) in [5.41, 5.74) is 0. The maximum Gasteiger partial charge on any atom is 0.114 e. The second-order valence-electron chi connectivity index (χ2n) is 3.15. The van der Waals surface area contributed by atoms with Crippen molar-refractivity contribution in [2.75, 3.05) is 7.11 Å². The van der Waals surface area contributed by atoms with Gasteiger partial charge in [-0.05, 0) is 0 Å². The Morgan fingerprint density at radius 2 is 1.00 bits per heavy atom. The van der Waals surface area contributed by atoms with Gasteiger partial charge in [0.05, 0.1) is 0 Å². The van der Waals surface area contributed by atoms with Gasteiger partial charge < -0.3 is 30.3 Å². The van der Waals surface area contributed by atoms with Crippen molar-refractivity contribution >= 4 is 0 Å². The molecule has 0 aromatic carbocycles. The van der Waals surface area contributed by atoms with Gasteiger partial charge in [0.1, 0.15) is 36.6 Å². The van der Waals surface area contributed by atoms with Gasteiger partial charge in [-0.15, -0.1) is 0 Å². The van der Waals surface area contributed by atoms with Gasteiger partial charge in [-0.3, -0.25) is 0 Å². The maximum absolute atomic E-state index is 9.29. The molecule has 0 radical (unpaired) electrons. The fourth-order valence-electron chi connectivity index (χ4n) is 1.48. The summed E-state index contributed by atoms with van der Waals surface area (Å²) in [6.45, 7) is 0. The molecular formula is C7H14O6. The van der Waals surface area contributed by atoms with Crippen molar-refractivity contribution in [2.45, 2.75) is 36.6 Å². The number of ether oxygens (including phenoxy) is 1. The van der Waals surface area contributed by atoms with Crippen molar-refractivity contribution in [1.82, 2.24) is 0 Å². The molecule has 0 bridgehead atoms. The summed E-state index contributed by atoms with van der Waals surface area (Å²) in [6.07, 6.45) is -8.48. The van der Waals surface area contributed by atoms with Crippen LogP contribution in [0.2, 0.25) is 0 Å². The molecule has 0 aromatic heterocycles. The van der Waals surface area contributed by atoms with Crippen LogP contribution in [0.1, 0.15) is 0 Å². The molecule has 0 saturated heterocycles. The molecule has 78 valence electrons. The van der Waals surface area contributed by atoms with E-state index < -0.39 is 36.6 Å². The molecule has 4 atom stereocenters. The Morgan fingerprint density at radius 1 is 0.692 bits per heavy atom. The van der Waals surface area contributed by atoms with Crippen LogP contribution in [-0.4, -0.2) is 69.3 Å². The Kier molecular flexibility index (Phi) is 3.23. The van der Waals surface area contributed by atoms with E-state index in [4.69, 9.17) is 5.11 Å². The summed E-state index contributed by atoms with van der Waals surface area (Å²) in [5, 5.41) is 46.1. The van der Waals surface area contributed by atoms with Gasteiger partial charge in [0.25, 0.3) is 0 Å². The van der Waals surface area contributed by atoms with Crippen LogP contribution in [0.3, 0.4) is 0 Å². The van der Waals surface area contributed by atoms with Crippen molar-refractivity contribution in [3.05, 3.63) is 0 Å². The normalized spacial score (nSPS) is 52.2. The van der Waals surface area contributed by atoms with Gasteiger partial charge >= 0.3 is 0 Å². The third-order valence-electron chi connectivity index (χ3n) is 2.35. The van der Waals surface area contributed by atoms with Gasteiger partial charge in [-0.2, -0.15) is 0 Å². The minimum absolute atomic E-state index is 1.09. The highest BCUT2D eigenvalue weighted by Gasteiger charge is 2.48. The number of methoxy groups -OCH3 is 1. The number of hydrogen-bond acceptors (Lipinski definition) is 6. The first-order chi connectivity index (χ1) is 6.00. The van der Waals surface area contributed by atoms with E-state index in [1.807, 2.05) is 0 Å². The van der Waals surface area contributed by atoms with Gasteiger partial charge in [0.2, 0.25) is 0 Å². The molecule has 6 heteroatoms. The highest BCUT2D eigenvalue weighted by atomic mass is 16.5. The van der Waals surface area contributed by atoms with Crippen molar-refractivity contribution in [1.29, 1.82) is 0 Å². The Balaban J connectivity index is 2.79. The van der Waals surface area contributed by atoms with E-state index in [9.17, 15) is 20.4 Å². The molecule has 6 nitrogen and oxygen atoms in total. The SMILES string of the molecule is CO[C@H]1[C@H](O)[C@@H](O)[C@H](O)[C@H](O)[C@H]1O. The van der Waals surface area contributed by atoms with E-state index in [0.717, 1.165) is 0 Å². The zero-order chi connectivity index (χ0) is 10.2. The predicted octanol–water partition coefficient (Wildman–Crippen LogP) is -3.18. The molecule has 0 unspecified atom stereocenters. The lowest BCUT2D eigenvalue weighted by Crippen LogP contribution is -2.64. The topological polar surface area (TPSA) is 110 Å². The molecule has 1 aliphatic carbocycles. The lowest BCUT2D eigenvalue weighted by Gasteiger charge is -2.40. The van der Waals surface area contributed by atoms with Crippen LogP contribution >= 0.6 is 0 Å². The molecule has 5 N–H and O–H groups in total. The first kappa shape index (κ1) is 10.8. The van der Waals surface area contributed by atoms with E-state index in [2.05, 4.69) is 4.74 Å². The van der Waals surface area contributed by atoms with E-state index in [1.54, 1.807) is 0 Å². The smallest absolute Gasteiger partial charge is 0.114 e. The Labute approximate surface area is 75.0 Å². The standard InChI is InChI=1S/C7H14O6/c1-13-7-5(11)3(9)2(8)4(10)6(7)12/h2-12H,1H3/t2-,3-,4-,5+,6+,7-/m0/s1. The summed E-state index contributed by atoms with van der Waals surface area (Å²) in [7, 11) is 1.23. The van der Waals surface area contributed by atoms with Crippen LogP contribution in [0.25, 0.3) is 0 Å². The second kappa shape index (κ2) is 3.87. The third-order valence-corrected chi connectivity index (χ3v) is 2.35. The van der Waals surface area contributed by atoms with Crippen LogP contribution in [0.4, 0.5) is 0 Å². The molecule has 1 fully saturated rings. The minimum atomic E-state index is -1.56. The lowest BCUT2D eigenvalue weighted by atomic mass is 9.85. The summed E-state index contributed by atoms with van der Waals surface area (Å²) in [6, 6.07) is 0. The molecule has 1 saturated carbocycles. The second-order valence-corrected chi connectivity index (χ2v) is 3.15. The fraction of sp³-hybridized carbons (Fsp3) is 1.00. The number of aliphatic hydroxyl groups excluding tert-OH is 5. The molecular weight excluding hydrogens is 180 g/mol. The van der Waals surface area contributed by atoms with E-state index >= 15 is 0 Å². The molecule has 1 rings (SSSR count). The Morgan fingerprint density at radius 3 is 1.31 bits per heavy atom. The maximum atomic E-state index is 9.29. The van der Waals surface area contributed by atoms with Crippen LogP contribution in [0.15, 0.2) is 0 Å². The molecule has 13 heavy (non-hydrogen) atoms. The van der Waals surface area contributed by atoms with Crippen molar-refractivity contribution in [3.8, 4) is 0 Å².